The highest BCUT2D eigenvalue weighted by Gasteiger charge is 2.27. The zero-order valence-corrected chi connectivity index (χ0v) is 12.2. The van der Waals surface area contributed by atoms with Gasteiger partial charge >= 0.3 is 12.0 Å². The summed E-state index contributed by atoms with van der Waals surface area (Å²) >= 11 is 0. The van der Waals surface area contributed by atoms with Crippen LogP contribution in [0.2, 0.25) is 0 Å². The molecule has 2 amide bonds. The van der Waals surface area contributed by atoms with Gasteiger partial charge in [0.2, 0.25) is 0 Å². The van der Waals surface area contributed by atoms with E-state index in [9.17, 15) is 9.59 Å². The molecule has 0 radical (unpaired) electrons. The Hall–Kier alpha value is -1.26. The van der Waals surface area contributed by atoms with E-state index >= 15 is 0 Å². The summed E-state index contributed by atoms with van der Waals surface area (Å²) in [7, 11) is 0. The molecular formula is C15H26N2O3. The number of nitrogens with one attached hydrogen (secondary N) is 2. The molecule has 2 fully saturated rings. The van der Waals surface area contributed by atoms with Gasteiger partial charge in [-0.3, -0.25) is 4.79 Å². The van der Waals surface area contributed by atoms with E-state index in [1.165, 1.54) is 12.8 Å². The summed E-state index contributed by atoms with van der Waals surface area (Å²) in [6.07, 6.45) is 6.76. The van der Waals surface area contributed by atoms with Gasteiger partial charge in [-0.15, -0.1) is 0 Å². The fourth-order valence-electron chi connectivity index (χ4n) is 3.43. The number of carbonyl (C=O) groups is 2. The van der Waals surface area contributed by atoms with Crippen LogP contribution >= 0.6 is 0 Å². The van der Waals surface area contributed by atoms with Gasteiger partial charge in [-0.05, 0) is 50.4 Å². The first-order chi connectivity index (χ1) is 9.56. The second-order valence-electron chi connectivity index (χ2n) is 6.42. The van der Waals surface area contributed by atoms with Gasteiger partial charge in [0.25, 0.3) is 0 Å². The van der Waals surface area contributed by atoms with Gasteiger partial charge in [-0.1, -0.05) is 13.3 Å². The van der Waals surface area contributed by atoms with Crippen molar-refractivity contribution in [1.29, 1.82) is 0 Å². The number of rotatable bonds is 4. The molecule has 5 nitrogen and oxygen atoms in total. The molecule has 114 valence electrons. The average Bonchev–Trinajstić information content (AvgIpc) is 2.82. The van der Waals surface area contributed by atoms with Crippen molar-refractivity contribution in [1.82, 2.24) is 10.6 Å². The third kappa shape index (κ3) is 4.12. The fraction of sp³-hybridized carbons (Fsp3) is 0.867. The molecule has 3 N–H and O–H groups in total. The van der Waals surface area contributed by atoms with Crippen LogP contribution in [0.5, 0.6) is 0 Å². The van der Waals surface area contributed by atoms with Crippen LogP contribution in [-0.2, 0) is 4.79 Å². The number of hydrogen-bond acceptors (Lipinski definition) is 2. The molecule has 0 aromatic rings. The van der Waals surface area contributed by atoms with Crippen LogP contribution in [0.15, 0.2) is 0 Å². The smallest absolute Gasteiger partial charge is 0.315 e. The van der Waals surface area contributed by atoms with E-state index in [-0.39, 0.29) is 11.9 Å². The lowest BCUT2D eigenvalue weighted by Gasteiger charge is -2.26. The topological polar surface area (TPSA) is 78.4 Å². The molecule has 0 aromatic heterocycles. The highest BCUT2D eigenvalue weighted by atomic mass is 16.4. The lowest BCUT2D eigenvalue weighted by molar-refractivity contribution is -0.143. The number of carboxylic acids is 1. The van der Waals surface area contributed by atoms with Gasteiger partial charge in [0.15, 0.2) is 0 Å². The first kappa shape index (κ1) is 15.1. The Bertz CT molecular complexity index is 351. The average molecular weight is 282 g/mol. The van der Waals surface area contributed by atoms with Crippen molar-refractivity contribution >= 4 is 12.0 Å². The molecule has 0 bridgehead atoms. The highest BCUT2D eigenvalue weighted by Crippen LogP contribution is 2.28. The van der Waals surface area contributed by atoms with Gasteiger partial charge in [0, 0.05) is 12.6 Å². The first-order valence-corrected chi connectivity index (χ1v) is 7.83. The van der Waals surface area contributed by atoms with Gasteiger partial charge < -0.3 is 15.7 Å². The maximum atomic E-state index is 11.8. The second-order valence-corrected chi connectivity index (χ2v) is 6.42. The quantitative estimate of drug-likeness (QED) is 0.740. The van der Waals surface area contributed by atoms with Crippen molar-refractivity contribution < 1.29 is 14.7 Å². The van der Waals surface area contributed by atoms with Crippen LogP contribution in [0, 0.1) is 17.8 Å². The number of carboxylic acid groups (broad SMARTS) is 1. The van der Waals surface area contributed by atoms with E-state index in [0.29, 0.717) is 24.4 Å². The summed E-state index contributed by atoms with van der Waals surface area (Å²) in [5.41, 5.74) is 0. The lowest BCUT2D eigenvalue weighted by atomic mass is 9.82. The molecule has 2 aliphatic carbocycles. The molecule has 5 heteroatoms. The van der Waals surface area contributed by atoms with E-state index in [4.69, 9.17) is 5.11 Å². The summed E-state index contributed by atoms with van der Waals surface area (Å²) in [6.45, 7) is 2.85. The van der Waals surface area contributed by atoms with Crippen LogP contribution < -0.4 is 10.6 Å². The minimum Gasteiger partial charge on any atom is -0.481 e. The van der Waals surface area contributed by atoms with E-state index < -0.39 is 5.97 Å². The summed E-state index contributed by atoms with van der Waals surface area (Å²) < 4.78 is 0. The molecule has 0 spiro atoms. The van der Waals surface area contributed by atoms with Crippen molar-refractivity contribution in [2.75, 3.05) is 6.54 Å². The maximum Gasteiger partial charge on any atom is 0.315 e. The van der Waals surface area contributed by atoms with Crippen LogP contribution in [0.1, 0.15) is 51.9 Å². The van der Waals surface area contributed by atoms with Gasteiger partial charge in [0.1, 0.15) is 0 Å². The predicted molar refractivity (Wildman–Crippen MR) is 76.4 cm³/mol. The number of urea groups is 1. The number of carbonyl (C=O) groups excluding carboxylic acids is 1. The number of aliphatic carboxylic acids is 1. The van der Waals surface area contributed by atoms with E-state index in [1.54, 1.807) is 0 Å². The fourth-order valence-corrected chi connectivity index (χ4v) is 3.43. The maximum absolute atomic E-state index is 11.8. The minimum atomic E-state index is -0.677. The van der Waals surface area contributed by atoms with Crippen LogP contribution in [0.3, 0.4) is 0 Å². The van der Waals surface area contributed by atoms with Crippen molar-refractivity contribution in [2.24, 2.45) is 17.8 Å². The predicted octanol–water partition coefficient (Wildman–Crippen LogP) is 2.37. The Labute approximate surface area is 120 Å². The first-order valence-electron chi connectivity index (χ1n) is 7.83. The molecule has 0 saturated heterocycles. The molecule has 2 atom stereocenters. The third-order valence-corrected chi connectivity index (χ3v) is 4.93. The molecule has 2 aliphatic rings. The van der Waals surface area contributed by atoms with Gasteiger partial charge in [0.05, 0.1) is 5.92 Å². The zero-order valence-electron chi connectivity index (χ0n) is 12.2. The Morgan fingerprint density at radius 1 is 1.10 bits per heavy atom. The summed E-state index contributed by atoms with van der Waals surface area (Å²) in [4.78, 5) is 22.7. The van der Waals surface area contributed by atoms with E-state index in [2.05, 4.69) is 17.6 Å². The van der Waals surface area contributed by atoms with Crippen molar-refractivity contribution in [3.8, 4) is 0 Å². The van der Waals surface area contributed by atoms with Crippen molar-refractivity contribution in [2.45, 2.75) is 57.9 Å². The van der Waals surface area contributed by atoms with Crippen LogP contribution in [0.25, 0.3) is 0 Å². The Kier molecular flexibility index (Phi) is 5.26. The highest BCUT2D eigenvalue weighted by molar-refractivity contribution is 5.74. The molecule has 0 aromatic carbocycles. The van der Waals surface area contributed by atoms with Crippen LogP contribution in [0.4, 0.5) is 4.79 Å². The molecular weight excluding hydrogens is 256 g/mol. The molecule has 20 heavy (non-hydrogen) atoms. The largest absolute Gasteiger partial charge is 0.481 e. The van der Waals surface area contributed by atoms with Crippen molar-refractivity contribution in [3.05, 3.63) is 0 Å². The minimum absolute atomic E-state index is 0.0656. The summed E-state index contributed by atoms with van der Waals surface area (Å²) in [6, 6.07) is 0.252. The van der Waals surface area contributed by atoms with Gasteiger partial charge in [-0.25, -0.2) is 4.79 Å². The Morgan fingerprint density at radius 3 is 2.35 bits per heavy atom. The van der Waals surface area contributed by atoms with Crippen molar-refractivity contribution in [3.63, 3.8) is 0 Å². The molecule has 0 heterocycles. The zero-order chi connectivity index (χ0) is 14.5. The molecule has 2 unspecified atom stereocenters. The molecule has 2 saturated carbocycles. The Balaban J connectivity index is 1.63. The standard InChI is InChI=1S/C15H26N2O3/c1-10-3-2-4-13(10)17-15(20)16-9-11-5-7-12(8-6-11)14(18)19/h10-13H,2-9H2,1H3,(H,18,19)(H2,16,17,20). The second kappa shape index (κ2) is 6.95. The van der Waals surface area contributed by atoms with E-state index in [1.807, 2.05) is 0 Å². The molecule has 2 rings (SSSR count). The number of hydrogen-bond donors (Lipinski definition) is 3. The SMILES string of the molecule is CC1CCCC1NC(=O)NCC1CCC(C(=O)O)CC1. The third-order valence-electron chi connectivity index (χ3n) is 4.93. The Morgan fingerprint density at radius 2 is 1.80 bits per heavy atom. The monoisotopic (exact) mass is 282 g/mol. The summed E-state index contributed by atoms with van der Waals surface area (Å²) in [5, 5.41) is 14.9. The normalized spacial score (nSPS) is 33.6. The van der Waals surface area contributed by atoms with Gasteiger partial charge in [-0.2, -0.15) is 0 Å². The summed E-state index contributed by atoms with van der Waals surface area (Å²) in [5.74, 6) is 0.146. The lowest BCUT2D eigenvalue weighted by Crippen LogP contribution is -2.44. The van der Waals surface area contributed by atoms with E-state index in [0.717, 1.165) is 32.1 Å². The number of amides is 2. The van der Waals surface area contributed by atoms with Crippen LogP contribution in [-0.4, -0.2) is 29.7 Å². The molecule has 0 aliphatic heterocycles.